The van der Waals surface area contributed by atoms with Crippen LogP contribution in [0.2, 0.25) is 0 Å². The lowest BCUT2D eigenvalue weighted by atomic mass is 10.2. The highest BCUT2D eigenvalue weighted by molar-refractivity contribution is 5.86. The third kappa shape index (κ3) is 11.5. The van der Waals surface area contributed by atoms with Crippen molar-refractivity contribution < 1.29 is 19.1 Å². The lowest BCUT2D eigenvalue weighted by molar-refractivity contribution is -0.155. The summed E-state index contributed by atoms with van der Waals surface area (Å²) in [5, 5.41) is 5.15. The molecule has 0 bridgehead atoms. The Morgan fingerprint density at radius 2 is 1.60 bits per heavy atom. The molecule has 0 spiro atoms. The van der Waals surface area contributed by atoms with E-state index in [1.54, 1.807) is 20.8 Å². The summed E-state index contributed by atoms with van der Waals surface area (Å²) in [5.74, 6) is -0.626. The lowest BCUT2D eigenvalue weighted by Gasteiger charge is -2.19. The molecule has 2 N–H and O–H groups in total. The Bertz CT molecular complexity index is 346. The zero-order valence-corrected chi connectivity index (χ0v) is 13.0. The van der Waals surface area contributed by atoms with E-state index >= 15 is 0 Å². The third-order valence-corrected chi connectivity index (χ3v) is 2.13. The van der Waals surface area contributed by atoms with Gasteiger partial charge in [-0.3, -0.25) is 14.4 Å². The van der Waals surface area contributed by atoms with Gasteiger partial charge in [-0.2, -0.15) is 0 Å². The molecule has 0 heterocycles. The molecule has 0 aromatic heterocycles. The molecule has 20 heavy (non-hydrogen) atoms. The molecule has 0 saturated heterocycles. The Morgan fingerprint density at radius 3 is 2.10 bits per heavy atom. The topological polar surface area (TPSA) is 84.5 Å². The van der Waals surface area contributed by atoms with Crippen LogP contribution in [0, 0.1) is 5.92 Å². The van der Waals surface area contributed by atoms with Gasteiger partial charge >= 0.3 is 5.97 Å². The first-order valence-electron chi connectivity index (χ1n) is 6.85. The van der Waals surface area contributed by atoms with Crippen LogP contribution in [0.25, 0.3) is 0 Å². The molecule has 0 aliphatic carbocycles. The molecular weight excluding hydrogens is 260 g/mol. The molecule has 116 valence electrons. The van der Waals surface area contributed by atoms with E-state index in [-0.39, 0.29) is 31.2 Å². The zero-order valence-electron chi connectivity index (χ0n) is 13.0. The molecule has 6 nitrogen and oxygen atoms in total. The van der Waals surface area contributed by atoms with Gasteiger partial charge in [0.05, 0.1) is 13.0 Å². The number of hydrogen-bond donors (Lipinski definition) is 2. The maximum Gasteiger partial charge on any atom is 0.306 e. The van der Waals surface area contributed by atoms with Crippen LogP contribution in [0.4, 0.5) is 0 Å². The minimum absolute atomic E-state index is 0.0106. The predicted molar refractivity (Wildman–Crippen MR) is 75.9 cm³/mol. The minimum Gasteiger partial charge on any atom is -0.460 e. The number of hydrogen-bond acceptors (Lipinski definition) is 4. The SMILES string of the molecule is CC(C)CNC(=O)CNC(=O)CCC(=O)OC(C)(C)C. The van der Waals surface area contributed by atoms with Gasteiger partial charge in [0.25, 0.3) is 0 Å². The van der Waals surface area contributed by atoms with E-state index in [4.69, 9.17) is 4.74 Å². The van der Waals surface area contributed by atoms with Gasteiger partial charge < -0.3 is 15.4 Å². The summed E-state index contributed by atoms with van der Waals surface area (Å²) in [6, 6.07) is 0. The maximum atomic E-state index is 11.5. The second-order valence-corrected chi connectivity index (χ2v) is 6.06. The second kappa shape index (κ2) is 8.55. The highest BCUT2D eigenvalue weighted by atomic mass is 16.6. The Balaban J connectivity index is 3.79. The number of amides is 2. The van der Waals surface area contributed by atoms with Crippen LogP contribution in [-0.2, 0) is 19.1 Å². The van der Waals surface area contributed by atoms with Gasteiger partial charge in [-0.05, 0) is 26.7 Å². The average Bonchev–Trinajstić information content (AvgIpc) is 2.29. The van der Waals surface area contributed by atoms with Gasteiger partial charge in [-0.15, -0.1) is 0 Å². The molecule has 0 aliphatic heterocycles. The third-order valence-electron chi connectivity index (χ3n) is 2.13. The summed E-state index contributed by atoms with van der Waals surface area (Å²) in [7, 11) is 0. The fourth-order valence-electron chi connectivity index (χ4n) is 1.26. The van der Waals surface area contributed by atoms with Gasteiger partial charge in [0.2, 0.25) is 11.8 Å². The quantitative estimate of drug-likeness (QED) is 0.684. The molecule has 0 aliphatic rings. The van der Waals surface area contributed by atoms with Gasteiger partial charge in [0.15, 0.2) is 0 Å². The standard InChI is InChI=1S/C14H26N2O4/c1-10(2)8-15-12(18)9-16-11(17)6-7-13(19)20-14(3,4)5/h10H,6-9H2,1-5H3,(H,15,18)(H,16,17). The van der Waals surface area contributed by atoms with Gasteiger partial charge in [-0.1, -0.05) is 13.8 Å². The normalized spacial score (nSPS) is 11.1. The molecule has 0 fully saturated rings. The highest BCUT2D eigenvalue weighted by Crippen LogP contribution is 2.08. The Hall–Kier alpha value is -1.59. The number of nitrogens with one attached hydrogen (secondary N) is 2. The molecular formula is C14H26N2O4. The largest absolute Gasteiger partial charge is 0.460 e. The Kier molecular flexibility index (Phi) is 7.87. The van der Waals surface area contributed by atoms with E-state index in [1.807, 2.05) is 13.8 Å². The van der Waals surface area contributed by atoms with Crippen LogP contribution in [0.3, 0.4) is 0 Å². The van der Waals surface area contributed by atoms with Gasteiger partial charge in [0, 0.05) is 13.0 Å². The fourth-order valence-corrected chi connectivity index (χ4v) is 1.26. The molecule has 0 unspecified atom stereocenters. The zero-order chi connectivity index (χ0) is 15.8. The van der Waals surface area contributed by atoms with E-state index in [2.05, 4.69) is 10.6 Å². The summed E-state index contributed by atoms with van der Waals surface area (Å²) in [4.78, 5) is 34.2. The highest BCUT2D eigenvalue weighted by Gasteiger charge is 2.17. The number of ether oxygens (including phenoxy) is 1. The van der Waals surface area contributed by atoms with Crippen LogP contribution >= 0.6 is 0 Å². The van der Waals surface area contributed by atoms with Crippen LogP contribution in [0.15, 0.2) is 0 Å². The molecule has 2 amide bonds. The molecule has 0 atom stereocenters. The Labute approximate surface area is 120 Å². The van der Waals surface area contributed by atoms with E-state index in [9.17, 15) is 14.4 Å². The summed E-state index contributed by atoms with van der Waals surface area (Å²) in [6.45, 7) is 9.78. The first-order chi connectivity index (χ1) is 9.10. The summed E-state index contributed by atoms with van der Waals surface area (Å²) in [5.41, 5.74) is -0.551. The molecule has 0 radical (unpaired) electrons. The van der Waals surface area contributed by atoms with Crippen molar-refractivity contribution in [2.45, 2.75) is 53.1 Å². The average molecular weight is 286 g/mol. The minimum atomic E-state index is -0.551. The molecule has 0 aromatic rings. The van der Waals surface area contributed by atoms with E-state index in [1.165, 1.54) is 0 Å². The molecule has 6 heteroatoms. The van der Waals surface area contributed by atoms with Crippen molar-refractivity contribution in [2.75, 3.05) is 13.1 Å². The number of rotatable bonds is 7. The second-order valence-electron chi connectivity index (χ2n) is 6.06. The van der Waals surface area contributed by atoms with Crippen molar-refractivity contribution >= 4 is 17.8 Å². The number of esters is 1. The van der Waals surface area contributed by atoms with Crippen LogP contribution < -0.4 is 10.6 Å². The van der Waals surface area contributed by atoms with E-state index in [0.29, 0.717) is 12.5 Å². The van der Waals surface area contributed by atoms with Crippen LogP contribution in [0.1, 0.15) is 47.5 Å². The van der Waals surface area contributed by atoms with Crippen molar-refractivity contribution in [1.29, 1.82) is 0 Å². The van der Waals surface area contributed by atoms with E-state index < -0.39 is 11.6 Å². The maximum absolute atomic E-state index is 11.5. The van der Waals surface area contributed by atoms with Gasteiger partial charge in [-0.25, -0.2) is 0 Å². The summed E-state index contributed by atoms with van der Waals surface area (Å²) in [6.07, 6.45) is 0.0308. The van der Waals surface area contributed by atoms with Crippen LogP contribution in [0.5, 0.6) is 0 Å². The first-order valence-corrected chi connectivity index (χ1v) is 6.85. The predicted octanol–water partition coefficient (Wildman–Crippen LogP) is 0.997. The number of carbonyl (C=O) groups is 3. The van der Waals surface area contributed by atoms with Crippen molar-refractivity contribution in [1.82, 2.24) is 10.6 Å². The van der Waals surface area contributed by atoms with Crippen molar-refractivity contribution in [3.8, 4) is 0 Å². The summed E-state index contributed by atoms with van der Waals surface area (Å²) < 4.78 is 5.08. The van der Waals surface area contributed by atoms with Gasteiger partial charge in [0.1, 0.15) is 5.60 Å². The van der Waals surface area contributed by atoms with Crippen LogP contribution in [-0.4, -0.2) is 36.5 Å². The van der Waals surface area contributed by atoms with Crippen molar-refractivity contribution in [3.05, 3.63) is 0 Å². The van der Waals surface area contributed by atoms with Crippen molar-refractivity contribution in [2.24, 2.45) is 5.92 Å². The lowest BCUT2D eigenvalue weighted by Crippen LogP contribution is -2.38. The fraction of sp³-hybridized carbons (Fsp3) is 0.786. The van der Waals surface area contributed by atoms with Crippen molar-refractivity contribution in [3.63, 3.8) is 0 Å². The van der Waals surface area contributed by atoms with E-state index in [0.717, 1.165) is 0 Å². The Morgan fingerprint density at radius 1 is 1.00 bits per heavy atom. The molecule has 0 rings (SSSR count). The summed E-state index contributed by atoms with van der Waals surface area (Å²) >= 11 is 0. The smallest absolute Gasteiger partial charge is 0.306 e. The molecule has 0 aromatic carbocycles. The number of carbonyl (C=O) groups excluding carboxylic acids is 3. The monoisotopic (exact) mass is 286 g/mol. The molecule has 0 saturated carbocycles. The first kappa shape index (κ1) is 18.4.